The maximum Gasteiger partial charge on any atom is 0.416 e. The molecule has 2 atom stereocenters. The molecule has 0 amide bonds. The van der Waals surface area contributed by atoms with Crippen molar-refractivity contribution in [3.05, 3.63) is 35.4 Å². The van der Waals surface area contributed by atoms with Gasteiger partial charge in [0.15, 0.2) is 0 Å². The average molecular weight is 317 g/mol. The van der Waals surface area contributed by atoms with Gasteiger partial charge in [-0.2, -0.15) is 13.2 Å². The molecule has 0 saturated carbocycles. The van der Waals surface area contributed by atoms with Crippen LogP contribution in [0.2, 0.25) is 0 Å². The van der Waals surface area contributed by atoms with Gasteiger partial charge in [-0.3, -0.25) is 4.90 Å². The van der Waals surface area contributed by atoms with Crippen LogP contribution in [0, 0.1) is 5.92 Å². The Morgan fingerprint density at radius 2 is 1.82 bits per heavy atom. The number of alkyl halides is 3. The molecule has 0 aliphatic carbocycles. The molecule has 1 saturated heterocycles. The second kappa shape index (κ2) is 8.53. The molecule has 5 heteroatoms. The minimum Gasteiger partial charge on any atom is -0.377 e. The highest BCUT2D eigenvalue weighted by atomic mass is 19.4. The Kier molecular flexibility index (Phi) is 7.36. The number of ether oxygens (including phenoxy) is 1. The highest BCUT2D eigenvalue weighted by molar-refractivity contribution is 5.29. The standard InChI is InChI=1S/C15H20F3NO.C2H6/c1-3-20-14-10-19(8-11(14)2)9-12-6-4-5-7-13(12)15(16,17)18;1-2/h4-7,11,14H,3,8-10H2,1-2H3;1-2H3. The van der Waals surface area contributed by atoms with Gasteiger partial charge in [0.25, 0.3) is 0 Å². The number of nitrogens with zero attached hydrogens (tertiary/aromatic N) is 1. The second-order valence-electron chi connectivity index (χ2n) is 5.32. The number of benzene rings is 1. The first kappa shape index (κ1) is 19.0. The molecule has 1 fully saturated rings. The van der Waals surface area contributed by atoms with E-state index in [0.717, 1.165) is 12.6 Å². The highest BCUT2D eigenvalue weighted by Crippen LogP contribution is 2.33. The zero-order chi connectivity index (χ0) is 16.8. The molecule has 2 unspecified atom stereocenters. The minimum atomic E-state index is -4.29. The predicted octanol–water partition coefficient (Wildman–Crippen LogP) is 4.59. The van der Waals surface area contributed by atoms with Crippen LogP contribution in [0.5, 0.6) is 0 Å². The van der Waals surface area contributed by atoms with Gasteiger partial charge in [0, 0.05) is 26.2 Å². The summed E-state index contributed by atoms with van der Waals surface area (Å²) in [5.74, 6) is 0.355. The van der Waals surface area contributed by atoms with E-state index in [1.54, 1.807) is 12.1 Å². The van der Waals surface area contributed by atoms with E-state index >= 15 is 0 Å². The molecule has 1 aromatic carbocycles. The first-order chi connectivity index (χ1) is 10.4. The molecule has 1 aromatic rings. The van der Waals surface area contributed by atoms with Crippen LogP contribution < -0.4 is 0 Å². The van der Waals surface area contributed by atoms with Crippen molar-refractivity contribution in [2.45, 2.75) is 46.5 Å². The Bertz CT molecular complexity index is 448. The molecule has 1 aliphatic heterocycles. The number of rotatable bonds is 4. The van der Waals surface area contributed by atoms with Gasteiger partial charge in [0.2, 0.25) is 0 Å². The van der Waals surface area contributed by atoms with Crippen LogP contribution in [-0.2, 0) is 17.5 Å². The first-order valence-corrected chi connectivity index (χ1v) is 7.91. The minimum absolute atomic E-state index is 0.123. The van der Waals surface area contributed by atoms with Crippen LogP contribution in [0.4, 0.5) is 13.2 Å². The zero-order valence-corrected chi connectivity index (χ0v) is 13.8. The van der Waals surface area contributed by atoms with E-state index in [1.165, 1.54) is 6.07 Å². The van der Waals surface area contributed by atoms with Gasteiger partial charge in [0.05, 0.1) is 11.7 Å². The van der Waals surface area contributed by atoms with Gasteiger partial charge in [-0.05, 0) is 24.5 Å². The summed E-state index contributed by atoms with van der Waals surface area (Å²) in [5.41, 5.74) is -0.197. The largest absolute Gasteiger partial charge is 0.416 e. The monoisotopic (exact) mass is 317 g/mol. The predicted molar refractivity (Wildman–Crippen MR) is 82.6 cm³/mol. The SMILES string of the molecule is CC.CCOC1CN(Cc2ccccc2C(F)(F)F)CC1C. The summed E-state index contributed by atoms with van der Waals surface area (Å²) >= 11 is 0. The van der Waals surface area contributed by atoms with Crippen molar-refractivity contribution in [1.29, 1.82) is 0 Å². The molecule has 0 radical (unpaired) electrons. The van der Waals surface area contributed by atoms with Crippen LogP contribution in [-0.4, -0.2) is 30.7 Å². The van der Waals surface area contributed by atoms with Crippen molar-refractivity contribution >= 4 is 0 Å². The van der Waals surface area contributed by atoms with Crippen molar-refractivity contribution in [3.63, 3.8) is 0 Å². The smallest absolute Gasteiger partial charge is 0.377 e. The number of hydrogen-bond acceptors (Lipinski definition) is 2. The lowest BCUT2D eigenvalue weighted by Crippen LogP contribution is -2.24. The van der Waals surface area contributed by atoms with Crippen molar-refractivity contribution in [2.24, 2.45) is 5.92 Å². The lowest BCUT2D eigenvalue weighted by atomic mass is 10.1. The summed E-state index contributed by atoms with van der Waals surface area (Å²) in [6.07, 6.45) is -4.17. The molecule has 1 heterocycles. The fraction of sp³-hybridized carbons (Fsp3) is 0.647. The second-order valence-corrected chi connectivity index (χ2v) is 5.32. The molecule has 2 nitrogen and oxygen atoms in total. The Labute approximate surface area is 131 Å². The number of likely N-dealkylation sites (tertiary alicyclic amines) is 1. The van der Waals surface area contributed by atoms with E-state index in [0.29, 0.717) is 31.2 Å². The maximum atomic E-state index is 13.0. The van der Waals surface area contributed by atoms with Crippen LogP contribution in [0.1, 0.15) is 38.8 Å². The summed E-state index contributed by atoms with van der Waals surface area (Å²) in [6, 6.07) is 5.79. The van der Waals surface area contributed by atoms with Gasteiger partial charge in [-0.1, -0.05) is 39.0 Å². The summed E-state index contributed by atoms with van der Waals surface area (Å²) in [7, 11) is 0. The van der Waals surface area contributed by atoms with Crippen LogP contribution in [0.3, 0.4) is 0 Å². The Morgan fingerprint density at radius 3 is 2.41 bits per heavy atom. The molecular formula is C17H26F3NO. The van der Waals surface area contributed by atoms with E-state index in [1.807, 2.05) is 25.7 Å². The van der Waals surface area contributed by atoms with Gasteiger partial charge < -0.3 is 4.74 Å². The molecule has 22 heavy (non-hydrogen) atoms. The summed E-state index contributed by atoms with van der Waals surface area (Å²) < 4.78 is 44.5. The van der Waals surface area contributed by atoms with E-state index in [-0.39, 0.29) is 6.10 Å². The lowest BCUT2D eigenvalue weighted by molar-refractivity contribution is -0.138. The Morgan fingerprint density at radius 1 is 1.18 bits per heavy atom. The van der Waals surface area contributed by atoms with Crippen LogP contribution >= 0.6 is 0 Å². The first-order valence-electron chi connectivity index (χ1n) is 7.91. The molecule has 2 rings (SSSR count). The summed E-state index contributed by atoms with van der Waals surface area (Å²) in [5, 5.41) is 0. The number of hydrogen-bond donors (Lipinski definition) is 0. The Hall–Kier alpha value is -1.07. The normalized spacial score (nSPS) is 22.3. The molecule has 0 bridgehead atoms. The van der Waals surface area contributed by atoms with Crippen LogP contribution in [0.25, 0.3) is 0 Å². The van der Waals surface area contributed by atoms with E-state index in [2.05, 4.69) is 6.92 Å². The lowest BCUT2D eigenvalue weighted by Gasteiger charge is -2.19. The third-order valence-electron chi connectivity index (χ3n) is 3.72. The van der Waals surface area contributed by atoms with E-state index < -0.39 is 11.7 Å². The molecule has 126 valence electrons. The topological polar surface area (TPSA) is 12.5 Å². The van der Waals surface area contributed by atoms with Crippen molar-refractivity contribution < 1.29 is 17.9 Å². The average Bonchev–Trinajstić information content (AvgIpc) is 2.81. The quantitative estimate of drug-likeness (QED) is 0.805. The summed E-state index contributed by atoms with van der Waals surface area (Å²) in [6.45, 7) is 10.5. The Balaban J connectivity index is 0.00000116. The highest BCUT2D eigenvalue weighted by Gasteiger charge is 2.35. The van der Waals surface area contributed by atoms with Gasteiger partial charge >= 0.3 is 6.18 Å². The fourth-order valence-corrected chi connectivity index (χ4v) is 2.77. The fourth-order valence-electron chi connectivity index (χ4n) is 2.77. The molecule has 0 aromatic heterocycles. The molecule has 1 aliphatic rings. The van der Waals surface area contributed by atoms with Gasteiger partial charge in [-0.15, -0.1) is 0 Å². The summed E-state index contributed by atoms with van der Waals surface area (Å²) in [4.78, 5) is 2.04. The van der Waals surface area contributed by atoms with Crippen molar-refractivity contribution in [2.75, 3.05) is 19.7 Å². The molecule has 0 spiro atoms. The third-order valence-corrected chi connectivity index (χ3v) is 3.72. The van der Waals surface area contributed by atoms with Crippen LogP contribution in [0.15, 0.2) is 24.3 Å². The maximum absolute atomic E-state index is 13.0. The number of halogens is 3. The zero-order valence-electron chi connectivity index (χ0n) is 13.8. The third kappa shape index (κ3) is 4.99. The molecular weight excluding hydrogens is 291 g/mol. The van der Waals surface area contributed by atoms with E-state index in [9.17, 15) is 13.2 Å². The van der Waals surface area contributed by atoms with E-state index in [4.69, 9.17) is 4.74 Å². The van der Waals surface area contributed by atoms with Crippen molar-refractivity contribution in [3.8, 4) is 0 Å². The molecule has 0 N–H and O–H groups in total. The van der Waals surface area contributed by atoms with Gasteiger partial charge in [-0.25, -0.2) is 0 Å². The van der Waals surface area contributed by atoms with Gasteiger partial charge in [0.1, 0.15) is 0 Å². The van der Waals surface area contributed by atoms with Crippen molar-refractivity contribution in [1.82, 2.24) is 4.90 Å².